The molecule has 0 saturated carbocycles. The Morgan fingerprint density at radius 2 is 2.36 bits per heavy atom. The monoisotopic (exact) mass is 159 g/mol. The van der Waals surface area contributed by atoms with E-state index in [1.54, 1.807) is 0 Å². The van der Waals surface area contributed by atoms with Crippen LogP contribution >= 0.6 is 0 Å². The van der Waals surface area contributed by atoms with Gasteiger partial charge in [-0.1, -0.05) is 13.8 Å². The Hall–Kier alpha value is -0.610. The summed E-state index contributed by atoms with van der Waals surface area (Å²) in [6.45, 7) is 4.05. The molecule has 2 N–H and O–H groups in total. The molecule has 0 unspecified atom stereocenters. The summed E-state index contributed by atoms with van der Waals surface area (Å²) < 4.78 is 0. The number of hydrogen-bond acceptors (Lipinski definition) is 4. The normalized spacial score (nSPS) is 31.1. The first-order valence-corrected chi connectivity index (χ1v) is 3.75. The number of carbonyl (C=O) groups is 1. The van der Waals surface area contributed by atoms with Gasteiger partial charge in [-0.15, -0.1) is 5.48 Å². The molecule has 2 atom stereocenters. The molecule has 1 aliphatic heterocycles. The molecule has 0 aromatic rings. The molecule has 1 rings (SSSR count). The zero-order valence-electron chi connectivity index (χ0n) is 6.70. The van der Waals surface area contributed by atoms with Crippen molar-refractivity contribution in [3.63, 3.8) is 0 Å². The number of nitrogens with one attached hydrogen (secondary N) is 1. The van der Waals surface area contributed by atoms with E-state index in [1.165, 1.54) is 0 Å². The van der Waals surface area contributed by atoms with Crippen molar-refractivity contribution in [1.82, 2.24) is 5.48 Å². The SMILES string of the molecule is CC(C)C[C@@H]1NOC(=O)[C@@H]1O. The van der Waals surface area contributed by atoms with E-state index in [4.69, 9.17) is 5.11 Å². The Bertz CT molecular complexity index is 158. The lowest BCUT2D eigenvalue weighted by molar-refractivity contribution is -0.148. The first-order valence-electron chi connectivity index (χ1n) is 3.75. The molecule has 4 heteroatoms. The van der Waals surface area contributed by atoms with Crippen LogP contribution in [-0.2, 0) is 9.63 Å². The van der Waals surface area contributed by atoms with Crippen LogP contribution in [0.4, 0.5) is 0 Å². The molecule has 0 aromatic heterocycles. The van der Waals surface area contributed by atoms with Crippen LogP contribution in [0.25, 0.3) is 0 Å². The topological polar surface area (TPSA) is 58.6 Å². The molecule has 0 aliphatic carbocycles. The Morgan fingerprint density at radius 3 is 2.73 bits per heavy atom. The molecule has 0 radical (unpaired) electrons. The molecule has 4 nitrogen and oxygen atoms in total. The van der Waals surface area contributed by atoms with Crippen LogP contribution in [0.15, 0.2) is 0 Å². The summed E-state index contributed by atoms with van der Waals surface area (Å²) >= 11 is 0. The fourth-order valence-electron chi connectivity index (χ4n) is 1.11. The van der Waals surface area contributed by atoms with Gasteiger partial charge in [-0.3, -0.25) is 0 Å². The van der Waals surface area contributed by atoms with Crippen molar-refractivity contribution in [3.05, 3.63) is 0 Å². The lowest BCUT2D eigenvalue weighted by Gasteiger charge is -2.11. The predicted octanol–water partition coefficient (Wildman–Crippen LogP) is -0.177. The summed E-state index contributed by atoms with van der Waals surface area (Å²) in [6, 6.07) is -0.234. The Morgan fingerprint density at radius 1 is 1.73 bits per heavy atom. The first-order chi connectivity index (χ1) is 5.11. The zero-order valence-corrected chi connectivity index (χ0v) is 6.70. The number of hydrogen-bond donors (Lipinski definition) is 2. The van der Waals surface area contributed by atoms with Gasteiger partial charge in [-0.05, 0) is 12.3 Å². The van der Waals surface area contributed by atoms with Crippen LogP contribution in [0, 0.1) is 5.92 Å². The average molecular weight is 159 g/mol. The minimum absolute atomic E-state index is 0.234. The second-order valence-corrected chi connectivity index (χ2v) is 3.22. The summed E-state index contributed by atoms with van der Waals surface area (Å²) in [5, 5.41) is 9.17. The zero-order chi connectivity index (χ0) is 8.43. The summed E-state index contributed by atoms with van der Waals surface area (Å²) in [4.78, 5) is 15.1. The van der Waals surface area contributed by atoms with E-state index in [9.17, 15) is 4.79 Å². The van der Waals surface area contributed by atoms with Crippen LogP contribution in [0.2, 0.25) is 0 Å². The number of carbonyl (C=O) groups excluding carboxylic acids is 1. The number of rotatable bonds is 2. The third-order valence-corrected chi connectivity index (χ3v) is 1.66. The lowest BCUT2D eigenvalue weighted by atomic mass is 10.0. The fraction of sp³-hybridized carbons (Fsp3) is 0.857. The van der Waals surface area contributed by atoms with Gasteiger partial charge < -0.3 is 9.94 Å². The molecule has 1 aliphatic rings. The minimum atomic E-state index is -0.989. The van der Waals surface area contributed by atoms with Gasteiger partial charge in [0.2, 0.25) is 0 Å². The molecule has 1 saturated heterocycles. The smallest absolute Gasteiger partial charge is 0.355 e. The standard InChI is InChI=1S/C7H13NO3/c1-4(2)3-5-6(9)7(10)11-8-5/h4-6,8-9H,3H2,1-2H3/t5-,6+/m0/s1. The van der Waals surface area contributed by atoms with Crippen LogP contribution in [0.3, 0.4) is 0 Å². The first kappa shape index (κ1) is 8.49. The van der Waals surface area contributed by atoms with E-state index in [-0.39, 0.29) is 6.04 Å². The highest BCUT2D eigenvalue weighted by molar-refractivity contribution is 5.76. The van der Waals surface area contributed by atoms with Crippen molar-refractivity contribution in [1.29, 1.82) is 0 Å². The van der Waals surface area contributed by atoms with Crippen molar-refractivity contribution < 1.29 is 14.7 Å². The van der Waals surface area contributed by atoms with E-state index < -0.39 is 12.1 Å². The van der Waals surface area contributed by atoms with Gasteiger partial charge in [0.25, 0.3) is 0 Å². The van der Waals surface area contributed by atoms with E-state index in [1.807, 2.05) is 13.8 Å². The molecular formula is C7H13NO3. The summed E-state index contributed by atoms with van der Waals surface area (Å²) in [6.07, 6.45) is -0.246. The molecule has 64 valence electrons. The van der Waals surface area contributed by atoms with Crippen molar-refractivity contribution in [2.45, 2.75) is 32.4 Å². The molecule has 0 aromatic carbocycles. The predicted molar refractivity (Wildman–Crippen MR) is 38.5 cm³/mol. The average Bonchev–Trinajstić information content (AvgIpc) is 2.18. The van der Waals surface area contributed by atoms with Gasteiger partial charge in [0.05, 0.1) is 6.04 Å². The van der Waals surface area contributed by atoms with Gasteiger partial charge in [-0.25, -0.2) is 4.79 Å². The largest absolute Gasteiger partial charge is 0.380 e. The highest BCUT2D eigenvalue weighted by Crippen LogP contribution is 2.13. The quantitative estimate of drug-likeness (QED) is 0.587. The van der Waals surface area contributed by atoms with Crippen molar-refractivity contribution in [3.8, 4) is 0 Å². The summed E-state index contributed by atoms with van der Waals surface area (Å²) in [5.41, 5.74) is 2.49. The van der Waals surface area contributed by atoms with E-state index in [2.05, 4.69) is 10.3 Å². The third kappa shape index (κ3) is 1.91. The third-order valence-electron chi connectivity index (χ3n) is 1.66. The second-order valence-electron chi connectivity index (χ2n) is 3.22. The fourth-order valence-corrected chi connectivity index (χ4v) is 1.11. The van der Waals surface area contributed by atoms with Crippen molar-refractivity contribution in [2.24, 2.45) is 5.92 Å². The van der Waals surface area contributed by atoms with Crippen LogP contribution in [-0.4, -0.2) is 23.2 Å². The van der Waals surface area contributed by atoms with E-state index in [0.717, 1.165) is 6.42 Å². The van der Waals surface area contributed by atoms with Crippen molar-refractivity contribution >= 4 is 5.97 Å². The molecule has 0 spiro atoms. The van der Waals surface area contributed by atoms with Crippen LogP contribution in [0.1, 0.15) is 20.3 Å². The number of aliphatic hydroxyl groups excluding tert-OH is 1. The van der Waals surface area contributed by atoms with E-state index >= 15 is 0 Å². The summed E-state index contributed by atoms with van der Waals surface area (Å²) in [7, 11) is 0. The van der Waals surface area contributed by atoms with Gasteiger partial charge in [0.15, 0.2) is 6.10 Å². The molecule has 1 fully saturated rings. The lowest BCUT2D eigenvalue weighted by Crippen LogP contribution is -2.32. The van der Waals surface area contributed by atoms with Gasteiger partial charge in [0, 0.05) is 0 Å². The molecular weight excluding hydrogens is 146 g/mol. The van der Waals surface area contributed by atoms with Gasteiger partial charge in [-0.2, -0.15) is 0 Å². The maximum Gasteiger partial charge on any atom is 0.355 e. The Kier molecular flexibility index (Phi) is 2.46. The highest BCUT2D eigenvalue weighted by atomic mass is 16.7. The second kappa shape index (κ2) is 3.19. The molecule has 0 amide bonds. The van der Waals surface area contributed by atoms with Gasteiger partial charge >= 0.3 is 5.97 Å². The molecule has 0 bridgehead atoms. The van der Waals surface area contributed by atoms with E-state index in [0.29, 0.717) is 5.92 Å². The maximum atomic E-state index is 10.6. The maximum absolute atomic E-state index is 10.6. The molecule has 11 heavy (non-hydrogen) atoms. The Balaban J connectivity index is 2.42. The number of hydroxylamine groups is 1. The Labute approximate surface area is 65.5 Å². The highest BCUT2D eigenvalue weighted by Gasteiger charge is 2.35. The van der Waals surface area contributed by atoms with Crippen LogP contribution in [0.5, 0.6) is 0 Å². The number of aliphatic hydroxyl groups is 1. The van der Waals surface area contributed by atoms with Crippen LogP contribution < -0.4 is 5.48 Å². The molecule has 1 heterocycles. The minimum Gasteiger partial charge on any atom is -0.380 e. The van der Waals surface area contributed by atoms with Gasteiger partial charge in [0.1, 0.15) is 0 Å². The van der Waals surface area contributed by atoms with Crippen molar-refractivity contribution in [2.75, 3.05) is 0 Å². The summed E-state index contributed by atoms with van der Waals surface area (Å²) in [5.74, 6) is -0.132.